The molecular weight excluding hydrogens is 290 g/mol. The molecule has 1 saturated carbocycles. The maximum absolute atomic E-state index is 6.38. The molecule has 0 unspecified atom stereocenters. The highest BCUT2D eigenvalue weighted by Crippen LogP contribution is 2.35. The van der Waals surface area contributed by atoms with Crippen molar-refractivity contribution in [3.8, 4) is 0 Å². The summed E-state index contributed by atoms with van der Waals surface area (Å²) in [6, 6.07) is 6.47. The van der Waals surface area contributed by atoms with Crippen LogP contribution in [0, 0.1) is 0 Å². The molecule has 0 radical (unpaired) electrons. The quantitative estimate of drug-likeness (QED) is 0.749. The van der Waals surface area contributed by atoms with Crippen LogP contribution in [-0.2, 0) is 11.3 Å². The second-order valence-corrected chi connectivity index (χ2v) is 7.08. The van der Waals surface area contributed by atoms with Crippen molar-refractivity contribution in [2.45, 2.75) is 48.8 Å². The first-order valence-electron chi connectivity index (χ1n) is 7.44. The molecule has 112 valence electrons. The molecular formula is C16H24ClNOS. The lowest BCUT2D eigenvalue weighted by atomic mass is 10.0. The Morgan fingerprint density at radius 2 is 2.10 bits per heavy atom. The summed E-state index contributed by atoms with van der Waals surface area (Å²) >= 11 is 8.37. The zero-order valence-electron chi connectivity index (χ0n) is 12.2. The Labute approximate surface area is 131 Å². The third kappa shape index (κ3) is 5.28. The largest absolute Gasteiger partial charge is 0.383 e. The van der Waals surface area contributed by atoms with E-state index in [0.717, 1.165) is 35.5 Å². The van der Waals surface area contributed by atoms with Crippen molar-refractivity contribution in [2.75, 3.05) is 20.3 Å². The Morgan fingerprint density at radius 1 is 1.30 bits per heavy atom. The Hall–Kier alpha value is -0.220. The second kappa shape index (κ2) is 8.93. The molecule has 1 aromatic carbocycles. The first-order chi connectivity index (χ1) is 9.79. The lowest BCUT2D eigenvalue weighted by molar-refractivity contribution is 0.199. The van der Waals surface area contributed by atoms with Crippen LogP contribution in [0.2, 0.25) is 5.02 Å². The number of halogens is 1. The van der Waals surface area contributed by atoms with E-state index in [9.17, 15) is 0 Å². The summed E-state index contributed by atoms with van der Waals surface area (Å²) in [5.74, 6) is 0. The van der Waals surface area contributed by atoms with Gasteiger partial charge < -0.3 is 10.1 Å². The molecule has 0 aromatic heterocycles. The first kappa shape index (κ1) is 16.2. The Bertz CT molecular complexity index is 407. The number of thioether (sulfide) groups is 1. The van der Waals surface area contributed by atoms with Gasteiger partial charge in [0, 0.05) is 35.4 Å². The van der Waals surface area contributed by atoms with Crippen molar-refractivity contribution >= 4 is 23.4 Å². The molecule has 1 aromatic rings. The number of nitrogens with one attached hydrogen (secondary N) is 1. The van der Waals surface area contributed by atoms with E-state index in [0.29, 0.717) is 0 Å². The normalized spacial score (nSPS) is 16.5. The van der Waals surface area contributed by atoms with Crippen molar-refractivity contribution in [1.29, 1.82) is 0 Å². The fraction of sp³-hybridized carbons (Fsp3) is 0.625. The van der Waals surface area contributed by atoms with Gasteiger partial charge in [-0.1, -0.05) is 36.9 Å². The predicted molar refractivity (Wildman–Crippen MR) is 87.8 cm³/mol. The summed E-state index contributed by atoms with van der Waals surface area (Å²) in [5, 5.41) is 4.98. The number of benzene rings is 1. The van der Waals surface area contributed by atoms with E-state index in [4.69, 9.17) is 16.3 Å². The minimum absolute atomic E-state index is 0.729. The number of rotatable bonds is 7. The number of hydrogen-bond donors (Lipinski definition) is 1. The van der Waals surface area contributed by atoms with E-state index >= 15 is 0 Å². The van der Waals surface area contributed by atoms with Gasteiger partial charge in [-0.3, -0.25) is 0 Å². The minimum atomic E-state index is 0.729. The molecule has 1 N–H and O–H groups in total. The van der Waals surface area contributed by atoms with E-state index in [-0.39, 0.29) is 0 Å². The molecule has 1 aliphatic carbocycles. The van der Waals surface area contributed by atoms with Gasteiger partial charge in [0.05, 0.1) is 6.61 Å². The third-order valence-corrected chi connectivity index (χ3v) is 5.36. The highest BCUT2D eigenvalue weighted by molar-refractivity contribution is 8.00. The van der Waals surface area contributed by atoms with E-state index in [1.54, 1.807) is 7.11 Å². The van der Waals surface area contributed by atoms with Gasteiger partial charge in [-0.25, -0.2) is 0 Å². The van der Waals surface area contributed by atoms with Crippen molar-refractivity contribution in [3.63, 3.8) is 0 Å². The lowest BCUT2D eigenvalue weighted by Crippen LogP contribution is -2.18. The zero-order chi connectivity index (χ0) is 14.2. The second-order valence-electron chi connectivity index (χ2n) is 5.30. The first-order valence-corrected chi connectivity index (χ1v) is 8.70. The Morgan fingerprint density at radius 3 is 2.80 bits per heavy atom. The number of hydrogen-bond acceptors (Lipinski definition) is 3. The van der Waals surface area contributed by atoms with Gasteiger partial charge in [0.25, 0.3) is 0 Å². The monoisotopic (exact) mass is 313 g/mol. The van der Waals surface area contributed by atoms with Crippen molar-refractivity contribution in [3.05, 3.63) is 28.8 Å². The molecule has 0 heterocycles. The van der Waals surface area contributed by atoms with Crippen LogP contribution in [0.5, 0.6) is 0 Å². The van der Waals surface area contributed by atoms with Gasteiger partial charge in [0.15, 0.2) is 0 Å². The molecule has 4 heteroatoms. The molecule has 20 heavy (non-hydrogen) atoms. The molecule has 0 saturated heterocycles. The molecule has 2 nitrogen and oxygen atoms in total. The van der Waals surface area contributed by atoms with Gasteiger partial charge >= 0.3 is 0 Å². The van der Waals surface area contributed by atoms with Crippen LogP contribution in [0.3, 0.4) is 0 Å². The van der Waals surface area contributed by atoms with Gasteiger partial charge in [-0.15, -0.1) is 11.8 Å². The SMILES string of the molecule is COCCNCc1ccc(SC2CCCCC2)cc1Cl. The van der Waals surface area contributed by atoms with Crippen molar-refractivity contribution < 1.29 is 4.74 Å². The smallest absolute Gasteiger partial charge is 0.0587 e. The Kier molecular flexibility index (Phi) is 7.22. The number of methoxy groups -OCH3 is 1. The van der Waals surface area contributed by atoms with E-state index in [1.165, 1.54) is 37.0 Å². The molecule has 0 amide bonds. The summed E-state index contributed by atoms with van der Waals surface area (Å²) in [6.45, 7) is 2.38. The topological polar surface area (TPSA) is 21.3 Å². The van der Waals surface area contributed by atoms with Crippen LogP contribution in [-0.4, -0.2) is 25.5 Å². The van der Waals surface area contributed by atoms with Gasteiger partial charge in [0.2, 0.25) is 0 Å². The van der Waals surface area contributed by atoms with Crippen molar-refractivity contribution in [2.24, 2.45) is 0 Å². The van der Waals surface area contributed by atoms with E-state index < -0.39 is 0 Å². The predicted octanol–water partition coefficient (Wildman–Crippen LogP) is 4.50. The van der Waals surface area contributed by atoms with Crippen LogP contribution in [0.25, 0.3) is 0 Å². The molecule has 0 aliphatic heterocycles. The Balaban J connectivity index is 1.84. The average Bonchev–Trinajstić information content (AvgIpc) is 2.46. The van der Waals surface area contributed by atoms with Crippen LogP contribution >= 0.6 is 23.4 Å². The average molecular weight is 314 g/mol. The summed E-state index contributed by atoms with van der Waals surface area (Å²) < 4.78 is 5.01. The molecule has 1 aliphatic rings. The van der Waals surface area contributed by atoms with Gasteiger partial charge in [-0.2, -0.15) is 0 Å². The molecule has 2 rings (SSSR count). The molecule has 0 bridgehead atoms. The summed E-state index contributed by atoms with van der Waals surface area (Å²) in [6.07, 6.45) is 6.87. The van der Waals surface area contributed by atoms with Gasteiger partial charge in [-0.05, 0) is 30.5 Å². The summed E-state index contributed by atoms with van der Waals surface area (Å²) in [5.41, 5.74) is 1.16. The van der Waals surface area contributed by atoms with Gasteiger partial charge in [0.1, 0.15) is 0 Å². The maximum atomic E-state index is 6.38. The van der Waals surface area contributed by atoms with Crippen LogP contribution in [0.1, 0.15) is 37.7 Å². The summed E-state index contributed by atoms with van der Waals surface area (Å²) in [4.78, 5) is 1.31. The highest BCUT2D eigenvalue weighted by atomic mass is 35.5. The molecule has 0 atom stereocenters. The highest BCUT2D eigenvalue weighted by Gasteiger charge is 2.15. The summed E-state index contributed by atoms with van der Waals surface area (Å²) in [7, 11) is 1.71. The zero-order valence-corrected chi connectivity index (χ0v) is 13.7. The van der Waals surface area contributed by atoms with Crippen LogP contribution in [0.4, 0.5) is 0 Å². The van der Waals surface area contributed by atoms with Crippen molar-refractivity contribution in [1.82, 2.24) is 5.32 Å². The lowest BCUT2D eigenvalue weighted by Gasteiger charge is -2.21. The molecule has 0 spiro atoms. The van der Waals surface area contributed by atoms with Crippen LogP contribution in [0.15, 0.2) is 23.1 Å². The van der Waals surface area contributed by atoms with E-state index in [2.05, 4.69) is 23.5 Å². The standard InChI is InChI=1S/C16H24ClNOS/c1-19-10-9-18-12-13-7-8-15(11-16(13)17)20-14-5-3-2-4-6-14/h7-8,11,14,18H,2-6,9-10,12H2,1H3. The maximum Gasteiger partial charge on any atom is 0.0587 e. The number of ether oxygens (including phenoxy) is 1. The minimum Gasteiger partial charge on any atom is -0.383 e. The van der Waals surface area contributed by atoms with E-state index in [1.807, 2.05) is 11.8 Å². The van der Waals surface area contributed by atoms with Crippen LogP contribution < -0.4 is 5.32 Å². The fourth-order valence-electron chi connectivity index (χ4n) is 2.52. The molecule has 1 fully saturated rings. The third-order valence-electron chi connectivity index (χ3n) is 3.68. The fourth-order valence-corrected chi connectivity index (χ4v) is 4.12.